The van der Waals surface area contributed by atoms with Crippen molar-refractivity contribution in [2.45, 2.75) is 16.7 Å². The predicted molar refractivity (Wildman–Crippen MR) is 74.0 cm³/mol. The number of aromatic nitrogens is 2. The molecule has 0 radical (unpaired) electrons. The highest BCUT2D eigenvalue weighted by atomic mass is 32.2. The number of halogens is 1. The van der Waals surface area contributed by atoms with Gasteiger partial charge in [-0.05, 0) is 24.3 Å². The summed E-state index contributed by atoms with van der Waals surface area (Å²) in [6.07, 6.45) is 0. The number of carbonyl (C=O) groups is 1. The van der Waals surface area contributed by atoms with Gasteiger partial charge in [-0.1, -0.05) is 5.16 Å². The minimum atomic E-state index is -0.258. The average Bonchev–Trinajstić information content (AvgIpc) is 2.96. The molecule has 0 saturated carbocycles. The molecule has 0 spiro atoms. The van der Waals surface area contributed by atoms with Crippen LogP contribution in [0.25, 0.3) is 0 Å². The number of rotatable bonds is 4. The molecule has 1 aromatic heterocycles. The van der Waals surface area contributed by atoms with Crippen LogP contribution in [0, 0.1) is 5.82 Å². The highest BCUT2D eigenvalue weighted by Gasteiger charge is 2.23. The zero-order valence-corrected chi connectivity index (χ0v) is 11.8. The minimum absolute atomic E-state index is 0.0437. The van der Waals surface area contributed by atoms with Gasteiger partial charge in [-0.15, -0.1) is 11.8 Å². The van der Waals surface area contributed by atoms with Crippen molar-refractivity contribution in [2.24, 2.45) is 0 Å². The third kappa shape index (κ3) is 3.59. The SMILES string of the molecule is O=C1CNC(c2nc(CSc3ccc(F)cc3)no2)CN1. The van der Waals surface area contributed by atoms with Crippen molar-refractivity contribution in [3.63, 3.8) is 0 Å². The Morgan fingerprint density at radius 1 is 1.38 bits per heavy atom. The van der Waals surface area contributed by atoms with Gasteiger partial charge in [0.15, 0.2) is 5.82 Å². The maximum Gasteiger partial charge on any atom is 0.245 e. The molecule has 1 saturated heterocycles. The fourth-order valence-electron chi connectivity index (χ4n) is 1.89. The number of piperazine rings is 1. The zero-order chi connectivity index (χ0) is 14.7. The Hall–Kier alpha value is -1.93. The van der Waals surface area contributed by atoms with E-state index in [1.165, 1.54) is 23.9 Å². The van der Waals surface area contributed by atoms with Crippen LogP contribution in [0.2, 0.25) is 0 Å². The van der Waals surface area contributed by atoms with Gasteiger partial charge in [0, 0.05) is 11.4 Å². The normalized spacial score (nSPS) is 18.5. The summed E-state index contributed by atoms with van der Waals surface area (Å²) in [6.45, 7) is 0.679. The Bertz CT molecular complexity index is 621. The van der Waals surface area contributed by atoms with Gasteiger partial charge in [-0.25, -0.2) is 4.39 Å². The van der Waals surface area contributed by atoms with Crippen LogP contribution < -0.4 is 10.6 Å². The molecule has 1 fully saturated rings. The first kappa shape index (κ1) is 14.0. The molecule has 1 atom stereocenters. The van der Waals surface area contributed by atoms with Crippen molar-refractivity contribution >= 4 is 17.7 Å². The Kier molecular flexibility index (Phi) is 4.16. The highest BCUT2D eigenvalue weighted by molar-refractivity contribution is 7.98. The van der Waals surface area contributed by atoms with E-state index in [1.54, 1.807) is 12.1 Å². The lowest BCUT2D eigenvalue weighted by atomic mass is 10.2. The largest absolute Gasteiger partial charge is 0.353 e. The summed E-state index contributed by atoms with van der Waals surface area (Å²) in [4.78, 5) is 16.3. The van der Waals surface area contributed by atoms with Gasteiger partial charge in [0.25, 0.3) is 0 Å². The number of hydrogen-bond donors (Lipinski definition) is 2. The third-order valence-electron chi connectivity index (χ3n) is 2.98. The second-order valence-corrected chi connectivity index (χ2v) is 5.58. The van der Waals surface area contributed by atoms with Crippen LogP contribution in [0.15, 0.2) is 33.7 Å². The van der Waals surface area contributed by atoms with Crippen LogP contribution in [-0.2, 0) is 10.5 Å². The number of nitrogens with one attached hydrogen (secondary N) is 2. The van der Waals surface area contributed by atoms with Crippen LogP contribution in [0.3, 0.4) is 0 Å². The monoisotopic (exact) mass is 308 g/mol. The standard InChI is InChI=1S/C13H13FN4O2S/c14-8-1-3-9(4-2-8)21-7-11-17-13(20-18-11)10-5-16-12(19)6-15-10/h1-4,10,15H,5-7H2,(H,16,19). The van der Waals surface area contributed by atoms with E-state index in [1.807, 2.05) is 0 Å². The molecular weight excluding hydrogens is 295 g/mol. The molecule has 1 amide bonds. The first-order chi connectivity index (χ1) is 10.2. The summed E-state index contributed by atoms with van der Waals surface area (Å²) < 4.78 is 18.0. The van der Waals surface area contributed by atoms with Crippen LogP contribution in [0.5, 0.6) is 0 Å². The van der Waals surface area contributed by atoms with Crippen molar-refractivity contribution in [1.82, 2.24) is 20.8 Å². The van der Waals surface area contributed by atoms with Crippen molar-refractivity contribution in [3.8, 4) is 0 Å². The molecule has 2 N–H and O–H groups in total. The minimum Gasteiger partial charge on any atom is -0.353 e. The second kappa shape index (κ2) is 6.23. The van der Waals surface area contributed by atoms with E-state index in [0.717, 1.165) is 4.90 Å². The van der Waals surface area contributed by atoms with Gasteiger partial charge in [-0.3, -0.25) is 10.1 Å². The molecule has 3 rings (SSSR count). The molecule has 0 aliphatic carbocycles. The van der Waals surface area contributed by atoms with Crippen LogP contribution in [0.1, 0.15) is 17.8 Å². The van der Waals surface area contributed by atoms with E-state index in [-0.39, 0.29) is 24.3 Å². The number of benzene rings is 1. The molecular formula is C13H13FN4O2S. The smallest absolute Gasteiger partial charge is 0.245 e. The topological polar surface area (TPSA) is 80.1 Å². The van der Waals surface area contributed by atoms with E-state index in [0.29, 0.717) is 24.0 Å². The summed E-state index contributed by atoms with van der Waals surface area (Å²) >= 11 is 1.50. The van der Waals surface area contributed by atoms with Gasteiger partial charge < -0.3 is 9.84 Å². The maximum atomic E-state index is 12.8. The summed E-state index contributed by atoms with van der Waals surface area (Å²) in [5, 5.41) is 9.66. The Morgan fingerprint density at radius 3 is 2.90 bits per heavy atom. The lowest BCUT2D eigenvalue weighted by Crippen LogP contribution is -2.47. The van der Waals surface area contributed by atoms with Crippen LogP contribution in [-0.4, -0.2) is 29.1 Å². The lowest BCUT2D eigenvalue weighted by Gasteiger charge is -2.20. The Morgan fingerprint density at radius 2 is 2.19 bits per heavy atom. The molecule has 110 valence electrons. The first-order valence-corrected chi connectivity index (χ1v) is 7.40. The second-order valence-electron chi connectivity index (χ2n) is 4.53. The van der Waals surface area contributed by atoms with Crippen LogP contribution >= 0.6 is 11.8 Å². The van der Waals surface area contributed by atoms with Crippen molar-refractivity contribution in [3.05, 3.63) is 41.8 Å². The number of thioether (sulfide) groups is 1. The van der Waals surface area contributed by atoms with Gasteiger partial charge in [0.1, 0.15) is 11.9 Å². The van der Waals surface area contributed by atoms with E-state index in [2.05, 4.69) is 20.8 Å². The zero-order valence-electron chi connectivity index (χ0n) is 11.0. The van der Waals surface area contributed by atoms with E-state index < -0.39 is 0 Å². The average molecular weight is 308 g/mol. The summed E-state index contributed by atoms with van der Waals surface area (Å²) in [5.74, 6) is 1.26. The molecule has 1 unspecified atom stereocenters. The maximum absolute atomic E-state index is 12.8. The quantitative estimate of drug-likeness (QED) is 0.828. The molecule has 2 aromatic rings. The lowest BCUT2D eigenvalue weighted by molar-refractivity contribution is -0.121. The summed E-state index contributed by atoms with van der Waals surface area (Å²) in [5.41, 5.74) is 0. The Balaban J connectivity index is 1.57. The van der Waals surface area contributed by atoms with E-state index in [4.69, 9.17) is 4.52 Å². The molecule has 8 heteroatoms. The fraction of sp³-hybridized carbons (Fsp3) is 0.308. The van der Waals surface area contributed by atoms with E-state index in [9.17, 15) is 9.18 Å². The molecule has 6 nitrogen and oxygen atoms in total. The first-order valence-electron chi connectivity index (χ1n) is 6.41. The Labute approximate surface area is 124 Å². The van der Waals surface area contributed by atoms with Crippen molar-refractivity contribution in [2.75, 3.05) is 13.1 Å². The predicted octanol–water partition coefficient (Wildman–Crippen LogP) is 1.26. The number of nitrogens with zero attached hydrogens (tertiary/aromatic N) is 2. The molecule has 0 bridgehead atoms. The molecule has 21 heavy (non-hydrogen) atoms. The number of amides is 1. The van der Waals surface area contributed by atoms with Crippen molar-refractivity contribution in [1.29, 1.82) is 0 Å². The van der Waals surface area contributed by atoms with E-state index >= 15 is 0 Å². The molecule has 1 aliphatic rings. The molecule has 1 aliphatic heterocycles. The molecule has 2 heterocycles. The summed E-state index contributed by atoms with van der Waals surface area (Å²) in [6, 6.07) is 6.09. The highest BCUT2D eigenvalue weighted by Crippen LogP contribution is 2.22. The van der Waals surface area contributed by atoms with Gasteiger partial charge >= 0.3 is 0 Å². The molecule has 1 aromatic carbocycles. The van der Waals surface area contributed by atoms with Crippen molar-refractivity contribution < 1.29 is 13.7 Å². The summed E-state index contributed by atoms with van der Waals surface area (Å²) in [7, 11) is 0. The van der Waals surface area contributed by atoms with Gasteiger partial charge in [0.2, 0.25) is 11.8 Å². The van der Waals surface area contributed by atoms with Gasteiger partial charge in [0.05, 0.1) is 12.3 Å². The number of hydrogen-bond acceptors (Lipinski definition) is 6. The van der Waals surface area contributed by atoms with Crippen LogP contribution in [0.4, 0.5) is 4.39 Å². The third-order valence-corrected chi connectivity index (χ3v) is 3.98. The fourth-order valence-corrected chi connectivity index (χ4v) is 2.63. The van der Waals surface area contributed by atoms with Gasteiger partial charge in [-0.2, -0.15) is 4.98 Å². The number of carbonyl (C=O) groups excluding carboxylic acids is 1.